The van der Waals surface area contributed by atoms with Crippen LogP contribution < -0.4 is 5.32 Å². The molecule has 1 aliphatic heterocycles. The summed E-state index contributed by atoms with van der Waals surface area (Å²) in [6.07, 6.45) is 3.57. The number of amides is 1. The summed E-state index contributed by atoms with van der Waals surface area (Å²) in [7, 11) is 0. The Morgan fingerprint density at radius 1 is 1.48 bits per heavy atom. The van der Waals surface area contributed by atoms with Gasteiger partial charge >= 0.3 is 5.97 Å². The molecule has 7 nitrogen and oxygen atoms in total. The van der Waals surface area contributed by atoms with Crippen LogP contribution in [0.15, 0.2) is 30.1 Å². The highest BCUT2D eigenvalue weighted by molar-refractivity contribution is 6.30. The predicted molar refractivity (Wildman–Crippen MR) is 83.5 cm³/mol. The molecular formula is C15H15ClN4O3. The number of carbonyl (C=O) groups excluding carboxylic acids is 1. The molecule has 1 aromatic heterocycles. The summed E-state index contributed by atoms with van der Waals surface area (Å²) in [5.74, 6) is -1.28. The Balaban J connectivity index is 2.00. The van der Waals surface area contributed by atoms with Crippen molar-refractivity contribution in [1.82, 2.24) is 9.88 Å². The van der Waals surface area contributed by atoms with Gasteiger partial charge in [0.1, 0.15) is 17.5 Å². The standard InChI is InChI=1S/C15H15ClN4O3/c16-12-1-4-18-13(7-12)19-9-11(8-17)14(21)20-5-2-10(3-6-20)15(22)23/h1,4,7,9-10H,2-3,5-6H2,(H,18,19)(H,22,23)/b11-9-. The van der Waals surface area contributed by atoms with Gasteiger partial charge in [-0.25, -0.2) is 4.98 Å². The van der Waals surface area contributed by atoms with Crippen LogP contribution in [0.25, 0.3) is 0 Å². The maximum absolute atomic E-state index is 12.3. The molecule has 0 bridgehead atoms. The normalized spacial score (nSPS) is 15.8. The average molecular weight is 335 g/mol. The molecule has 23 heavy (non-hydrogen) atoms. The number of likely N-dealkylation sites (tertiary alicyclic amines) is 1. The SMILES string of the molecule is N#C/C(=C/Nc1cc(Cl)ccn1)C(=O)N1CCC(C(=O)O)CC1. The van der Waals surface area contributed by atoms with E-state index in [0.717, 1.165) is 0 Å². The lowest BCUT2D eigenvalue weighted by atomic mass is 9.97. The Morgan fingerprint density at radius 2 is 2.17 bits per heavy atom. The van der Waals surface area contributed by atoms with E-state index in [0.29, 0.717) is 36.8 Å². The minimum Gasteiger partial charge on any atom is -0.481 e. The number of carbonyl (C=O) groups is 2. The lowest BCUT2D eigenvalue weighted by Crippen LogP contribution is -2.40. The second kappa shape index (κ2) is 7.61. The molecular weight excluding hydrogens is 320 g/mol. The van der Waals surface area contributed by atoms with Crippen molar-refractivity contribution >= 4 is 29.3 Å². The molecule has 0 unspecified atom stereocenters. The van der Waals surface area contributed by atoms with Gasteiger partial charge in [0.05, 0.1) is 5.92 Å². The Morgan fingerprint density at radius 3 is 2.74 bits per heavy atom. The molecule has 0 radical (unpaired) electrons. The number of halogens is 1. The van der Waals surface area contributed by atoms with Crippen LogP contribution in [0.4, 0.5) is 5.82 Å². The first kappa shape index (κ1) is 16.8. The Labute approximate surface area is 138 Å². The fraction of sp³-hybridized carbons (Fsp3) is 0.333. The summed E-state index contributed by atoms with van der Waals surface area (Å²) >= 11 is 5.83. The number of piperidine rings is 1. The van der Waals surface area contributed by atoms with E-state index >= 15 is 0 Å². The molecule has 2 heterocycles. The van der Waals surface area contributed by atoms with Gasteiger partial charge in [-0.2, -0.15) is 5.26 Å². The molecule has 2 rings (SSSR count). The molecule has 1 aromatic rings. The van der Waals surface area contributed by atoms with Crippen molar-refractivity contribution in [2.45, 2.75) is 12.8 Å². The zero-order valence-electron chi connectivity index (χ0n) is 12.2. The average Bonchev–Trinajstić information content (AvgIpc) is 2.55. The number of carboxylic acid groups (broad SMARTS) is 1. The van der Waals surface area contributed by atoms with E-state index in [1.165, 1.54) is 17.3 Å². The molecule has 8 heteroatoms. The summed E-state index contributed by atoms with van der Waals surface area (Å²) in [6.45, 7) is 0.647. The highest BCUT2D eigenvalue weighted by Crippen LogP contribution is 2.19. The van der Waals surface area contributed by atoms with Crippen molar-refractivity contribution in [2.75, 3.05) is 18.4 Å². The lowest BCUT2D eigenvalue weighted by molar-refractivity contribution is -0.145. The number of hydrogen-bond acceptors (Lipinski definition) is 5. The summed E-state index contributed by atoms with van der Waals surface area (Å²) in [5, 5.41) is 21.4. The first-order valence-corrected chi connectivity index (χ1v) is 7.39. The number of aliphatic carboxylic acids is 1. The van der Waals surface area contributed by atoms with Gasteiger partial charge in [-0.05, 0) is 25.0 Å². The summed E-state index contributed by atoms with van der Waals surface area (Å²) in [5.41, 5.74) is -0.0689. The van der Waals surface area contributed by atoms with Crippen molar-refractivity contribution < 1.29 is 14.7 Å². The number of pyridine rings is 1. The van der Waals surface area contributed by atoms with Crippen LogP contribution in [-0.2, 0) is 9.59 Å². The molecule has 2 N–H and O–H groups in total. The number of nitrogens with zero attached hydrogens (tertiary/aromatic N) is 3. The smallest absolute Gasteiger partial charge is 0.306 e. The zero-order chi connectivity index (χ0) is 16.8. The van der Waals surface area contributed by atoms with Crippen LogP contribution in [0, 0.1) is 17.2 Å². The first-order chi connectivity index (χ1) is 11.0. The number of nitrogens with one attached hydrogen (secondary N) is 1. The van der Waals surface area contributed by atoms with Crippen LogP contribution in [0.5, 0.6) is 0 Å². The van der Waals surface area contributed by atoms with E-state index in [4.69, 9.17) is 22.0 Å². The minimum absolute atomic E-state index is 0.0689. The van der Waals surface area contributed by atoms with Crippen molar-refractivity contribution in [2.24, 2.45) is 5.92 Å². The molecule has 120 valence electrons. The van der Waals surface area contributed by atoms with Crippen LogP contribution in [-0.4, -0.2) is 40.0 Å². The first-order valence-electron chi connectivity index (χ1n) is 7.01. The van der Waals surface area contributed by atoms with E-state index in [1.807, 2.05) is 6.07 Å². The van der Waals surface area contributed by atoms with Gasteiger partial charge in [-0.1, -0.05) is 11.6 Å². The molecule has 0 aliphatic carbocycles. The van der Waals surface area contributed by atoms with E-state index in [2.05, 4.69) is 10.3 Å². The van der Waals surface area contributed by atoms with Crippen molar-refractivity contribution in [1.29, 1.82) is 5.26 Å². The predicted octanol–water partition coefficient (Wildman–Crippen LogP) is 1.88. The second-order valence-corrected chi connectivity index (χ2v) is 5.51. The molecule has 0 atom stereocenters. The maximum Gasteiger partial charge on any atom is 0.306 e. The van der Waals surface area contributed by atoms with E-state index < -0.39 is 17.8 Å². The van der Waals surface area contributed by atoms with Crippen LogP contribution >= 0.6 is 11.6 Å². The fourth-order valence-corrected chi connectivity index (χ4v) is 2.43. The van der Waals surface area contributed by atoms with Crippen LogP contribution in [0.2, 0.25) is 5.02 Å². The van der Waals surface area contributed by atoms with Gasteiger partial charge in [0.25, 0.3) is 5.91 Å². The topological polar surface area (TPSA) is 106 Å². The third-order valence-corrected chi connectivity index (χ3v) is 3.80. The monoisotopic (exact) mass is 334 g/mol. The summed E-state index contributed by atoms with van der Waals surface area (Å²) in [6, 6.07) is 5.02. The third-order valence-electron chi connectivity index (χ3n) is 3.57. The molecule has 1 amide bonds. The summed E-state index contributed by atoms with van der Waals surface area (Å²) in [4.78, 5) is 28.7. The number of hydrogen-bond donors (Lipinski definition) is 2. The molecule has 1 fully saturated rings. The minimum atomic E-state index is -0.846. The number of rotatable bonds is 4. The van der Waals surface area contributed by atoms with Crippen molar-refractivity contribution in [3.05, 3.63) is 35.1 Å². The van der Waals surface area contributed by atoms with Gasteiger partial charge in [-0.3, -0.25) is 9.59 Å². The van der Waals surface area contributed by atoms with Gasteiger partial charge < -0.3 is 15.3 Å². The lowest BCUT2D eigenvalue weighted by Gasteiger charge is -2.29. The number of anilines is 1. The second-order valence-electron chi connectivity index (χ2n) is 5.08. The zero-order valence-corrected chi connectivity index (χ0v) is 13.0. The quantitative estimate of drug-likeness (QED) is 0.643. The molecule has 1 aliphatic rings. The van der Waals surface area contributed by atoms with Gasteiger partial charge in [0, 0.05) is 30.5 Å². The van der Waals surface area contributed by atoms with Crippen molar-refractivity contribution in [3.8, 4) is 6.07 Å². The van der Waals surface area contributed by atoms with Gasteiger partial charge in [0.15, 0.2) is 0 Å². The Hall–Kier alpha value is -2.59. The molecule has 0 aromatic carbocycles. The summed E-state index contributed by atoms with van der Waals surface area (Å²) < 4.78 is 0. The van der Waals surface area contributed by atoms with E-state index in [-0.39, 0.29) is 5.57 Å². The van der Waals surface area contributed by atoms with Crippen LogP contribution in [0.3, 0.4) is 0 Å². The van der Waals surface area contributed by atoms with Crippen molar-refractivity contribution in [3.63, 3.8) is 0 Å². The Bertz CT molecular complexity index is 676. The molecule has 0 saturated carbocycles. The maximum atomic E-state index is 12.3. The van der Waals surface area contributed by atoms with Gasteiger partial charge in [-0.15, -0.1) is 0 Å². The fourth-order valence-electron chi connectivity index (χ4n) is 2.27. The third kappa shape index (κ3) is 4.44. The van der Waals surface area contributed by atoms with E-state index in [9.17, 15) is 9.59 Å². The largest absolute Gasteiger partial charge is 0.481 e. The number of carboxylic acids is 1. The number of aromatic nitrogens is 1. The highest BCUT2D eigenvalue weighted by Gasteiger charge is 2.28. The number of nitriles is 1. The molecule has 0 spiro atoms. The highest BCUT2D eigenvalue weighted by atomic mass is 35.5. The Kier molecular flexibility index (Phi) is 5.55. The van der Waals surface area contributed by atoms with Gasteiger partial charge in [0.2, 0.25) is 0 Å². The molecule has 1 saturated heterocycles. The van der Waals surface area contributed by atoms with E-state index in [1.54, 1.807) is 12.1 Å². The van der Waals surface area contributed by atoms with Crippen LogP contribution in [0.1, 0.15) is 12.8 Å².